The standard InChI is InChI=1S/C19H28N2O3/c22-17-5-9-19(13-20-18(23)15-6-10-24-11-7-15)8-1-2-16(19)21(17)12-14-3-4-14/h2,14-15H,1,3-13H2,(H,20,23). The largest absolute Gasteiger partial charge is 0.381 e. The average Bonchev–Trinajstić information content (AvgIpc) is 3.33. The van der Waals surface area contributed by atoms with E-state index < -0.39 is 0 Å². The zero-order chi connectivity index (χ0) is 16.6. The maximum Gasteiger partial charge on any atom is 0.226 e. The first-order valence-corrected chi connectivity index (χ1v) is 9.54. The smallest absolute Gasteiger partial charge is 0.226 e. The minimum absolute atomic E-state index is 0.0103. The van der Waals surface area contributed by atoms with Crippen molar-refractivity contribution in [3.8, 4) is 0 Å². The van der Waals surface area contributed by atoms with E-state index in [-0.39, 0.29) is 23.1 Å². The number of hydrogen-bond donors (Lipinski definition) is 1. The van der Waals surface area contributed by atoms with Crippen LogP contribution in [-0.4, -0.2) is 43.0 Å². The van der Waals surface area contributed by atoms with Gasteiger partial charge in [0.25, 0.3) is 0 Å². The van der Waals surface area contributed by atoms with Gasteiger partial charge in [0.15, 0.2) is 0 Å². The number of carbonyl (C=O) groups excluding carboxylic acids is 2. The van der Waals surface area contributed by atoms with Crippen LogP contribution in [0.2, 0.25) is 0 Å². The summed E-state index contributed by atoms with van der Waals surface area (Å²) in [5.41, 5.74) is 1.20. The summed E-state index contributed by atoms with van der Waals surface area (Å²) in [7, 11) is 0. The van der Waals surface area contributed by atoms with Crippen LogP contribution in [-0.2, 0) is 14.3 Å². The minimum atomic E-state index is -0.0103. The van der Waals surface area contributed by atoms with Crippen molar-refractivity contribution >= 4 is 11.8 Å². The predicted molar refractivity (Wildman–Crippen MR) is 90.0 cm³/mol. The summed E-state index contributed by atoms with van der Waals surface area (Å²) in [6.45, 7) is 2.96. The van der Waals surface area contributed by atoms with Gasteiger partial charge >= 0.3 is 0 Å². The summed E-state index contributed by atoms with van der Waals surface area (Å²) in [6.07, 6.45) is 10.0. The number of piperidine rings is 1. The quantitative estimate of drug-likeness (QED) is 0.840. The number of hydrogen-bond acceptors (Lipinski definition) is 3. The molecule has 0 bridgehead atoms. The van der Waals surface area contributed by atoms with Crippen molar-refractivity contribution in [2.45, 2.75) is 51.4 Å². The second kappa shape index (κ2) is 6.51. The van der Waals surface area contributed by atoms with Gasteiger partial charge in [-0.15, -0.1) is 0 Å². The Balaban J connectivity index is 1.42. The summed E-state index contributed by atoms with van der Waals surface area (Å²) < 4.78 is 5.35. The Hall–Kier alpha value is -1.36. The van der Waals surface area contributed by atoms with Crippen molar-refractivity contribution in [1.82, 2.24) is 10.2 Å². The molecule has 2 aliphatic carbocycles. The number of nitrogens with zero attached hydrogens (tertiary/aromatic N) is 1. The van der Waals surface area contributed by atoms with E-state index in [0.717, 1.165) is 38.6 Å². The number of amides is 2. The van der Waals surface area contributed by atoms with Crippen molar-refractivity contribution < 1.29 is 14.3 Å². The molecule has 1 saturated carbocycles. The molecular weight excluding hydrogens is 304 g/mol. The van der Waals surface area contributed by atoms with Gasteiger partial charge in [-0.3, -0.25) is 9.59 Å². The van der Waals surface area contributed by atoms with Crippen LogP contribution in [0.3, 0.4) is 0 Å². The Kier molecular flexibility index (Phi) is 4.37. The summed E-state index contributed by atoms with van der Waals surface area (Å²) in [6, 6.07) is 0. The highest BCUT2D eigenvalue weighted by Gasteiger charge is 2.46. The summed E-state index contributed by atoms with van der Waals surface area (Å²) in [5, 5.41) is 3.22. The number of rotatable bonds is 5. The highest BCUT2D eigenvalue weighted by Crippen LogP contribution is 2.48. The minimum Gasteiger partial charge on any atom is -0.381 e. The lowest BCUT2D eigenvalue weighted by molar-refractivity contribution is -0.133. The monoisotopic (exact) mass is 332 g/mol. The highest BCUT2D eigenvalue weighted by atomic mass is 16.5. The Labute approximate surface area is 143 Å². The normalized spacial score (nSPS) is 30.9. The predicted octanol–water partition coefficient (Wildman–Crippen LogP) is 2.23. The first kappa shape index (κ1) is 16.1. The zero-order valence-electron chi connectivity index (χ0n) is 14.4. The molecule has 2 aliphatic heterocycles. The molecule has 0 spiro atoms. The van der Waals surface area contributed by atoms with Gasteiger partial charge in [-0.2, -0.15) is 0 Å². The molecule has 1 N–H and O–H groups in total. The highest BCUT2D eigenvalue weighted by molar-refractivity contribution is 5.81. The number of allylic oxidation sites excluding steroid dienone is 1. The van der Waals surface area contributed by atoms with E-state index in [1.54, 1.807) is 0 Å². The first-order chi connectivity index (χ1) is 11.7. The Morgan fingerprint density at radius 2 is 2.04 bits per heavy atom. The molecule has 4 rings (SSSR count). The molecule has 2 saturated heterocycles. The third kappa shape index (κ3) is 3.10. The third-order valence-corrected chi connectivity index (χ3v) is 6.24. The second-order valence-corrected chi connectivity index (χ2v) is 7.96. The fraction of sp³-hybridized carbons (Fsp3) is 0.789. The van der Waals surface area contributed by atoms with Gasteiger partial charge in [0.1, 0.15) is 0 Å². The molecule has 2 heterocycles. The van der Waals surface area contributed by atoms with Crippen LogP contribution < -0.4 is 5.32 Å². The van der Waals surface area contributed by atoms with E-state index in [0.29, 0.717) is 32.1 Å². The number of carbonyl (C=O) groups is 2. The molecule has 4 aliphatic rings. The van der Waals surface area contributed by atoms with Crippen molar-refractivity contribution in [2.24, 2.45) is 17.3 Å². The summed E-state index contributed by atoms with van der Waals surface area (Å²) in [4.78, 5) is 27.0. The van der Waals surface area contributed by atoms with Crippen LogP contribution in [0.4, 0.5) is 0 Å². The molecule has 0 radical (unpaired) electrons. The van der Waals surface area contributed by atoms with Crippen LogP contribution in [0.1, 0.15) is 51.4 Å². The molecule has 3 fully saturated rings. The zero-order valence-corrected chi connectivity index (χ0v) is 14.4. The molecule has 2 amide bonds. The van der Waals surface area contributed by atoms with Crippen LogP contribution in [0.15, 0.2) is 11.8 Å². The number of likely N-dealkylation sites (tertiary alicyclic amines) is 1. The molecule has 1 unspecified atom stereocenters. The van der Waals surface area contributed by atoms with Crippen LogP contribution in [0.5, 0.6) is 0 Å². The van der Waals surface area contributed by atoms with Gasteiger partial charge < -0.3 is 15.0 Å². The third-order valence-electron chi connectivity index (χ3n) is 6.24. The van der Waals surface area contributed by atoms with Crippen molar-refractivity contribution in [3.05, 3.63) is 11.8 Å². The van der Waals surface area contributed by atoms with Crippen LogP contribution in [0.25, 0.3) is 0 Å². The van der Waals surface area contributed by atoms with Crippen molar-refractivity contribution in [1.29, 1.82) is 0 Å². The van der Waals surface area contributed by atoms with Gasteiger partial charge in [-0.25, -0.2) is 0 Å². The van der Waals surface area contributed by atoms with Crippen LogP contribution >= 0.6 is 0 Å². The van der Waals surface area contributed by atoms with Gasteiger partial charge in [0, 0.05) is 49.8 Å². The number of ether oxygens (including phenoxy) is 1. The van der Waals surface area contributed by atoms with Gasteiger partial charge in [-0.05, 0) is 50.9 Å². The maximum absolute atomic E-state index is 12.5. The lowest BCUT2D eigenvalue weighted by Gasteiger charge is -2.43. The van der Waals surface area contributed by atoms with E-state index in [1.807, 2.05) is 0 Å². The molecule has 132 valence electrons. The Bertz CT molecular complexity index is 549. The Morgan fingerprint density at radius 1 is 1.25 bits per heavy atom. The lowest BCUT2D eigenvalue weighted by atomic mass is 9.76. The van der Waals surface area contributed by atoms with E-state index in [1.165, 1.54) is 18.5 Å². The summed E-state index contributed by atoms with van der Waals surface area (Å²) >= 11 is 0. The molecular formula is C19H28N2O3. The van der Waals surface area contributed by atoms with E-state index >= 15 is 0 Å². The molecule has 0 aromatic rings. The first-order valence-electron chi connectivity index (χ1n) is 9.54. The lowest BCUT2D eigenvalue weighted by Crippen LogP contribution is -2.49. The van der Waals surface area contributed by atoms with Crippen LogP contribution in [0, 0.1) is 17.3 Å². The molecule has 1 atom stereocenters. The van der Waals surface area contributed by atoms with Gasteiger partial charge in [-0.1, -0.05) is 6.08 Å². The number of fused-ring (bicyclic) bond motifs is 1. The van der Waals surface area contributed by atoms with E-state index in [2.05, 4.69) is 16.3 Å². The van der Waals surface area contributed by atoms with E-state index in [4.69, 9.17) is 4.74 Å². The molecule has 24 heavy (non-hydrogen) atoms. The van der Waals surface area contributed by atoms with E-state index in [9.17, 15) is 9.59 Å². The van der Waals surface area contributed by atoms with Crippen molar-refractivity contribution in [2.75, 3.05) is 26.3 Å². The fourth-order valence-corrected chi connectivity index (χ4v) is 4.48. The molecule has 5 heteroatoms. The number of nitrogens with one attached hydrogen (secondary N) is 1. The Morgan fingerprint density at radius 3 is 2.79 bits per heavy atom. The SMILES string of the molecule is O=C(NCC12CCC=C1N(CC1CC1)C(=O)CC2)C1CCOCC1. The fourth-order valence-electron chi connectivity index (χ4n) is 4.48. The summed E-state index contributed by atoms with van der Waals surface area (Å²) in [5.74, 6) is 1.24. The molecule has 5 nitrogen and oxygen atoms in total. The topological polar surface area (TPSA) is 58.6 Å². The maximum atomic E-state index is 12.5. The molecule has 0 aromatic carbocycles. The van der Waals surface area contributed by atoms with Gasteiger partial charge in [0.05, 0.1) is 0 Å². The van der Waals surface area contributed by atoms with Gasteiger partial charge in [0.2, 0.25) is 11.8 Å². The average molecular weight is 332 g/mol. The van der Waals surface area contributed by atoms with Crippen molar-refractivity contribution in [3.63, 3.8) is 0 Å². The second-order valence-electron chi connectivity index (χ2n) is 7.96. The molecule has 0 aromatic heterocycles.